The molecule has 0 spiro atoms. The highest BCUT2D eigenvalue weighted by Gasteiger charge is 2.08. The largest absolute Gasteiger partial charge is 0.462 e. The number of carbonyl (C=O) groups is 1. The van der Waals surface area contributed by atoms with Crippen LogP contribution >= 0.6 is 0 Å². The standard InChI is InChI=1S/C13H15NO2/c1-3-16-13(15)12-7-6-10(2)11(9-12)5-4-8-14/h6-7,9H,3-5H2,1-2H3. The molecule has 0 N–H and O–H groups in total. The molecule has 0 saturated heterocycles. The number of aryl methyl sites for hydroxylation is 2. The first-order valence-electron chi connectivity index (χ1n) is 5.32. The van der Waals surface area contributed by atoms with E-state index in [1.165, 1.54) is 0 Å². The third-order valence-corrected chi connectivity index (χ3v) is 2.37. The van der Waals surface area contributed by atoms with Crippen LogP contribution in [0.3, 0.4) is 0 Å². The van der Waals surface area contributed by atoms with Gasteiger partial charge in [-0.25, -0.2) is 4.79 Å². The summed E-state index contributed by atoms with van der Waals surface area (Å²) < 4.78 is 4.92. The van der Waals surface area contributed by atoms with Crippen LogP contribution in [0.5, 0.6) is 0 Å². The molecule has 0 atom stereocenters. The van der Waals surface area contributed by atoms with Crippen LogP contribution in [-0.4, -0.2) is 12.6 Å². The van der Waals surface area contributed by atoms with Crippen molar-refractivity contribution in [3.8, 4) is 6.07 Å². The van der Waals surface area contributed by atoms with Crippen molar-refractivity contribution < 1.29 is 9.53 Å². The molecule has 1 aromatic rings. The predicted octanol–water partition coefficient (Wildman–Crippen LogP) is 2.63. The average Bonchev–Trinajstić information content (AvgIpc) is 2.28. The highest BCUT2D eigenvalue weighted by molar-refractivity contribution is 5.89. The van der Waals surface area contributed by atoms with E-state index in [1.807, 2.05) is 19.1 Å². The maximum Gasteiger partial charge on any atom is 0.338 e. The second-order valence-electron chi connectivity index (χ2n) is 3.52. The Hall–Kier alpha value is -1.82. The Bertz CT molecular complexity index is 418. The Kier molecular flexibility index (Phi) is 4.53. The second kappa shape index (κ2) is 5.92. The summed E-state index contributed by atoms with van der Waals surface area (Å²) in [7, 11) is 0. The summed E-state index contributed by atoms with van der Waals surface area (Å²) in [5.41, 5.74) is 2.69. The van der Waals surface area contributed by atoms with Crippen molar-refractivity contribution in [2.45, 2.75) is 26.7 Å². The summed E-state index contributed by atoms with van der Waals surface area (Å²) in [4.78, 5) is 11.5. The fourth-order valence-corrected chi connectivity index (χ4v) is 1.47. The Balaban J connectivity index is 2.89. The summed E-state index contributed by atoms with van der Waals surface area (Å²) in [6.45, 7) is 4.13. The molecule has 0 amide bonds. The van der Waals surface area contributed by atoms with Crippen molar-refractivity contribution in [2.75, 3.05) is 6.61 Å². The summed E-state index contributed by atoms with van der Waals surface area (Å²) in [6, 6.07) is 7.55. The van der Waals surface area contributed by atoms with Gasteiger partial charge in [0.1, 0.15) is 0 Å². The molecule has 0 aliphatic heterocycles. The van der Waals surface area contributed by atoms with E-state index in [2.05, 4.69) is 6.07 Å². The van der Waals surface area contributed by atoms with Crippen LogP contribution in [0, 0.1) is 18.3 Å². The molecule has 0 aromatic heterocycles. The van der Waals surface area contributed by atoms with Crippen LogP contribution in [-0.2, 0) is 11.2 Å². The zero-order valence-electron chi connectivity index (χ0n) is 9.62. The van der Waals surface area contributed by atoms with Gasteiger partial charge in [0.15, 0.2) is 0 Å². The number of ether oxygens (including phenoxy) is 1. The maximum absolute atomic E-state index is 11.5. The molecule has 0 aliphatic carbocycles. The molecule has 3 nitrogen and oxygen atoms in total. The lowest BCUT2D eigenvalue weighted by atomic mass is 10.0. The Labute approximate surface area is 95.7 Å². The number of hydrogen-bond donors (Lipinski definition) is 0. The van der Waals surface area contributed by atoms with Crippen molar-refractivity contribution >= 4 is 5.97 Å². The number of rotatable bonds is 4. The molecule has 1 aromatic carbocycles. The molecule has 1 rings (SSSR count). The third-order valence-electron chi connectivity index (χ3n) is 2.37. The first-order valence-corrected chi connectivity index (χ1v) is 5.32. The van der Waals surface area contributed by atoms with Crippen molar-refractivity contribution in [1.82, 2.24) is 0 Å². The number of benzene rings is 1. The van der Waals surface area contributed by atoms with Gasteiger partial charge in [0.05, 0.1) is 18.2 Å². The Morgan fingerprint density at radius 1 is 1.50 bits per heavy atom. The van der Waals surface area contributed by atoms with E-state index in [-0.39, 0.29) is 5.97 Å². The van der Waals surface area contributed by atoms with Gasteiger partial charge in [-0.2, -0.15) is 5.26 Å². The Morgan fingerprint density at radius 3 is 2.88 bits per heavy atom. The smallest absolute Gasteiger partial charge is 0.338 e. The van der Waals surface area contributed by atoms with E-state index in [0.717, 1.165) is 11.1 Å². The summed E-state index contributed by atoms with van der Waals surface area (Å²) in [6.07, 6.45) is 1.14. The molecule has 0 bridgehead atoms. The fraction of sp³-hybridized carbons (Fsp3) is 0.385. The van der Waals surface area contributed by atoms with Crippen molar-refractivity contribution in [1.29, 1.82) is 5.26 Å². The van der Waals surface area contributed by atoms with Crippen LogP contribution in [0.4, 0.5) is 0 Å². The second-order valence-corrected chi connectivity index (χ2v) is 3.52. The zero-order valence-corrected chi connectivity index (χ0v) is 9.62. The third kappa shape index (κ3) is 3.09. The van der Waals surface area contributed by atoms with E-state index in [4.69, 9.17) is 10.00 Å². The lowest BCUT2D eigenvalue weighted by molar-refractivity contribution is 0.0526. The minimum absolute atomic E-state index is 0.305. The number of hydrogen-bond acceptors (Lipinski definition) is 3. The Morgan fingerprint density at radius 2 is 2.25 bits per heavy atom. The van der Waals surface area contributed by atoms with Crippen molar-refractivity contribution in [3.63, 3.8) is 0 Å². The van der Waals surface area contributed by atoms with E-state index < -0.39 is 0 Å². The van der Waals surface area contributed by atoms with E-state index in [0.29, 0.717) is 25.0 Å². The van der Waals surface area contributed by atoms with Gasteiger partial charge in [-0.1, -0.05) is 6.07 Å². The molecule has 0 fully saturated rings. The number of nitrogens with zero attached hydrogens (tertiary/aromatic N) is 1. The summed E-state index contributed by atoms with van der Waals surface area (Å²) in [5, 5.41) is 8.54. The topological polar surface area (TPSA) is 50.1 Å². The van der Waals surface area contributed by atoms with Gasteiger partial charge in [-0.05, 0) is 43.5 Å². The molecule has 84 valence electrons. The number of nitriles is 1. The van der Waals surface area contributed by atoms with Gasteiger partial charge in [0.2, 0.25) is 0 Å². The molecular formula is C13H15NO2. The minimum atomic E-state index is -0.305. The van der Waals surface area contributed by atoms with E-state index >= 15 is 0 Å². The molecule has 0 saturated carbocycles. The molecule has 3 heteroatoms. The molecule has 0 unspecified atom stereocenters. The highest BCUT2D eigenvalue weighted by atomic mass is 16.5. The molecule has 0 heterocycles. The van der Waals surface area contributed by atoms with Crippen molar-refractivity contribution in [2.24, 2.45) is 0 Å². The average molecular weight is 217 g/mol. The predicted molar refractivity (Wildman–Crippen MR) is 61.1 cm³/mol. The monoisotopic (exact) mass is 217 g/mol. The van der Waals surface area contributed by atoms with Gasteiger partial charge >= 0.3 is 5.97 Å². The summed E-state index contributed by atoms with van der Waals surface area (Å²) >= 11 is 0. The van der Waals surface area contributed by atoms with Gasteiger partial charge < -0.3 is 4.74 Å². The molecule has 16 heavy (non-hydrogen) atoms. The molecule has 0 radical (unpaired) electrons. The minimum Gasteiger partial charge on any atom is -0.462 e. The van der Waals surface area contributed by atoms with Crippen LogP contribution in [0.2, 0.25) is 0 Å². The molecular weight excluding hydrogens is 202 g/mol. The lowest BCUT2D eigenvalue weighted by Crippen LogP contribution is -2.05. The van der Waals surface area contributed by atoms with Crippen molar-refractivity contribution in [3.05, 3.63) is 34.9 Å². The van der Waals surface area contributed by atoms with E-state index in [9.17, 15) is 4.79 Å². The van der Waals surface area contributed by atoms with Gasteiger partial charge in [-0.3, -0.25) is 0 Å². The lowest BCUT2D eigenvalue weighted by Gasteiger charge is -2.07. The highest BCUT2D eigenvalue weighted by Crippen LogP contribution is 2.14. The van der Waals surface area contributed by atoms with E-state index in [1.54, 1.807) is 13.0 Å². The normalized spacial score (nSPS) is 9.56. The van der Waals surface area contributed by atoms with Crippen LogP contribution in [0.1, 0.15) is 34.8 Å². The fourth-order valence-electron chi connectivity index (χ4n) is 1.47. The van der Waals surface area contributed by atoms with Crippen LogP contribution < -0.4 is 0 Å². The van der Waals surface area contributed by atoms with Crippen LogP contribution in [0.25, 0.3) is 0 Å². The van der Waals surface area contributed by atoms with Gasteiger partial charge in [0.25, 0.3) is 0 Å². The zero-order chi connectivity index (χ0) is 12.0. The number of carbonyl (C=O) groups excluding carboxylic acids is 1. The van der Waals surface area contributed by atoms with Crippen LogP contribution in [0.15, 0.2) is 18.2 Å². The maximum atomic E-state index is 11.5. The number of esters is 1. The van der Waals surface area contributed by atoms with Gasteiger partial charge in [-0.15, -0.1) is 0 Å². The molecule has 0 aliphatic rings. The van der Waals surface area contributed by atoms with Gasteiger partial charge in [0, 0.05) is 6.42 Å². The summed E-state index contributed by atoms with van der Waals surface area (Å²) in [5.74, 6) is -0.305. The first kappa shape index (κ1) is 12.3. The first-order chi connectivity index (χ1) is 7.69. The SMILES string of the molecule is CCOC(=O)c1ccc(C)c(CCC#N)c1. The quantitative estimate of drug-likeness (QED) is 0.728.